The SMILES string of the molecule is CS(=O)(=O)N(c1cccc(NC(N)=O)c1)S(C)(=O)=O. The Hall–Kier alpha value is -1.81. The number of amides is 2. The summed E-state index contributed by atoms with van der Waals surface area (Å²) in [6.07, 6.45) is 1.53. The minimum atomic E-state index is -4.02. The van der Waals surface area contributed by atoms with E-state index in [0.29, 0.717) is 0 Å². The van der Waals surface area contributed by atoms with Crippen molar-refractivity contribution in [3.8, 4) is 0 Å². The van der Waals surface area contributed by atoms with Gasteiger partial charge in [-0.1, -0.05) is 6.07 Å². The highest BCUT2D eigenvalue weighted by Gasteiger charge is 2.27. The molecule has 0 aliphatic rings. The number of carbonyl (C=O) groups excluding carboxylic acids is 1. The first-order valence-electron chi connectivity index (χ1n) is 4.89. The summed E-state index contributed by atoms with van der Waals surface area (Å²) in [5, 5.41) is 2.23. The monoisotopic (exact) mass is 307 g/mol. The van der Waals surface area contributed by atoms with Crippen molar-refractivity contribution >= 4 is 37.5 Å². The summed E-state index contributed by atoms with van der Waals surface area (Å²) in [5.41, 5.74) is 4.99. The summed E-state index contributed by atoms with van der Waals surface area (Å²) in [5.74, 6) is 0. The first kappa shape index (κ1) is 15.2. The highest BCUT2D eigenvalue weighted by molar-refractivity contribution is 8.09. The van der Waals surface area contributed by atoms with Gasteiger partial charge in [-0.05, 0) is 18.2 Å². The van der Waals surface area contributed by atoms with Gasteiger partial charge in [0.05, 0.1) is 18.2 Å². The normalized spacial score (nSPS) is 11.9. The molecule has 0 saturated carbocycles. The molecule has 10 heteroatoms. The second-order valence-electron chi connectivity index (χ2n) is 3.76. The fourth-order valence-corrected chi connectivity index (χ4v) is 4.43. The van der Waals surface area contributed by atoms with Crippen molar-refractivity contribution in [1.82, 2.24) is 0 Å². The Bertz CT molecular complexity index is 664. The fourth-order valence-electron chi connectivity index (χ4n) is 1.47. The van der Waals surface area contributed by atoms with Crippen LogP contribution >= 0.6 is 0 Å². The predicted octanol–water partition coefficient (Wildman–Crippen LogP) is -0.0972. The van der Waals surface area contributed by atoms with Crippen molar-refractivity contribution in [1.29, 1.82) is 0 Å². The van der Waals surface area contributed by atoms with E-state index < -0.39 is 26.1 Å². The lowest BCUT2D eigenvalue weighted by molar-refractivity contribution is 0.259. The summed E-state index contributed by atoms with van der Waals surface area (Å²) in [4.78, 5) is 10.7. The van der Waals surface area contributed by atoms with Gasteiger partial charge in [-0.15, -0.1) is 0 Å². The quantitative estimate of drug-likeness (QED) is 0.803. The second-order valence-corrected chi connectivity index (χ2v) is 7.66. The number of urea groups is 1. The molecule has 19 heavy (non-hydrogen) atoms. The van der Waals surface area contributed by atoms with E-state index in [1.54, 1.807) is 0 Å². The van der Waals surface area contributed by atoms with E-state index in [9.17, 15) is 21.6 Å². The maximum Gasteiger partial charge on any atom is 0.316 e. The lowest BCUT2D eigenvalue weighted by Crippen LogP contribution is -2.35. The zero-order chi connectivity index (χ0) is 14.8. The molecule has 0 atom stereocenters. The van der Waals surface area contributed by atoms with E-state index in [0.717, 1.165) is 12.5 Å². The van der Waals surface area contributed by atoms with Crippen LogP contribution < -0.4 is 14.8 Å². The van der Waals surface area contributed by atoms with Crippen molar-refractivity contribution < 1.29 is 21.6 Å². The molecule has 3 N–H and O–H groups in total. The Morgan fingerprint density at radius 3 is 2.11 bits per heavy atom. The molecule has 1 aromatic carbocycles. The van der Waals surface area contributed by atoms with Gasteiger partial charge in [0, 0.05) is 5.69 Å². The number of hydrogen-bond donors (Lipinski definition) is 2. The second kappa shape index (κ2) is 5.05. The number of nitrogens with two attached hydrogens (primary N) is 1. The third-order valence-electron chi connectivity index (χ3n) is 1.93. The molecule has 0 heterocycles. The van der Waals surface area contributed by atoms with Crippen LogP contribution in [0, 0.1) is 0 Å². The first-order valence-corrected chi connectivity index (χ1v) is 8.58. The van der Waals surface area contributed by atoms with Gasteiger partial charge in [0.2, 0.25) is 20.0 Å². The van der Waals surface area contributed by atoms with E-state index >= 15 is 0 Å². The molecular weight excluding hydrogens is 294 g/mol. The van der Waals surface area contributed by atoms with Crippen molar-refractivity contribution in [2.45, 2.75) is 0 Å². The molecule has 0 radical (unpaired) electrons. The molecule has 0 unspecified atom stereocenters. The maximum absolute atomic E-state index is 11.5. The lowest BCUT2D eigenvalue weighted by Gasteiger charge is -2.20. The number of anilines is 2. The number of primary amides is 1. The van der Waals surface area contributed by atoms with Crippen LogP contribution in [0.2, 0.25) is 0 Å². The topological polar surface area (TPSA) is 127 Å². The maximum atomic E-state index is 11.5. The molecule has 0 saturated heterocycles. The Labute approximate surface area is 111 Å². The molecule has 1 rings (SSSR count). The molecule has 1 aromatic rings. The Kier molecular flexibility index (Phi) is 4.06. The smallest absolute Gasteiger partial charge is 0.316 e. The number of sulfonamides is 2. The highest BCUT2D eigenvalue weighted by Crippen LogP contribution is 2.24. The van der Waals surface area contributed by atoms with E-state index in [1.165, 1.54) is 24.3 Å². The highest BCUT2D eigenvalue weighted by atomic mass is 32.3. The van der Waals surface area contributed by atoms with E-state index in [1.807, 2.05) is 0 Å². The molecule has 0 bridgehead atoms. The van der Waals surface area contributed by atoms with Crippen LogP contribution in [0.4, 0.5) is 16.2 Å². The number of hydrogen-bond acceptors (Lipinski definition) is 5. The number of nitrogens with one attached hydrogen (secondary N) is 1. The number of benzene rings is 1. The van der Waals surface area contributed by atoms with Gasteiger partial charge in [0.25, 0.3) is 0 Å². The van der Waals surface area contributed by atoms with Gasteiger partial charge < -0.3 is 11.1 Å². The summed E-state index contributed by atoms with van der Waals surface area (Å²) < 4.78 is 46.5. The van der Waals surface area contributed by atoms with Crippen LogP contribution in [0.25, 0.3) is 0 Å². The van der Waals surface area contributed by atoms with Crippen LogP contribution in [0.1, 0.15) is 0 Å². The molecule has 0 aliphatic carbocycles. The molecule has 0 spiro atoms. The first-order chi connectivity index (χ1) is 8.51. The molecule has 0 aliphatic heterocycles. The van der Waals surface area contributed by atoms with E-state index in [2.05, 4.69) is 5.32 Å². The van der Waals surface area contributed by atoms with Crippen LogP contribution in [-0.4, -0.2) is 35.4 Å². The third-order valence-corrected chi connectivity index (χ3v) is 5.18. The number of nitrogens with zero attached hydrogens (tertiary/aromatic N) is 1. The Morgan fingerprint density at radius 2 is 1.68 bits per heavy atom. The zero-order valence-corrected chi connectivity index (χ0v) is 11.8. The molecule has 106 valence electrons. The molecule has 2 amide bonds. The van der Waals surface area contributed by atoms with E-state index in [-0.39, 0.29) is 15.1 Å². The van der Waals surface area contributed by atoms with Gasteiger partial charge in [-0.3, -0.25) is 0 Å². The van der Waals surface area contributed by atoms with Crippen LogP contribution in [0.5, 0.6) is 0 Å². The fraction of sp³-hybridized carbons (Fsp3) is 0.222. The van der Waals surface area contributed by atoms with Crippen molar-refractivity contribution in [2.24, 2.45) is 5.73 Å². The third kappa shape index (κ3) is 4.10. The standard InChI is InChI=1S/C9H13N3O5S2/c1-18(14,15)12(19(2,16)17)8-5-3-4-7(6-8)11-9(10)13/h3-6H,1-2H3,(H3,10,11,13). The molecular formula is C9H13N3O5S2. The van der Waals surface area contributed by atoms with Crippen LogP contribution in [-0.2, 0) is 20.0 Å². The predicted molar refractivity (Wildman–Crippen MR) is 71.8 cm³/mol. The molecule has 8 nitrogen and oxygen atoms in total. The minimum Gasteiger partial charge on any atom is -0.351 e. The van der Waals surface area contributed by atoms with Gasteiger partial charge in [0.15, 0.2) is 0 Å². The van der Waals surface area contributed by atoms with Gasteiger partial charge in [0.1, 0.15) is 0 Å². The van der Waals surface area contributed by atoms with Crippen LogP contribution in [0.3, 0.4) is 0 Å². The lowest BCUT2D eigenvalue weighted by atomic mass is 10.3. The van der Waals surface area contributed by atoms with Crippen molar-refractivity contribution in [3.05, 3.63) is 24.3 Å². The van der Waals surface area contributed by atoms with E-state index in [4.69, 9.17) is 5.73 Å². The van der Waals surface area contributed by atoms with Gasteiger partial charge >= 0.3 is 6.03 Å². The Balaban J connectivity index is 3.37. The summed E-state index contributed by atoms with van der Waals surface area (Å²) in [7, 11) is -8.04. The average molecular weight is 307 g/mol. The average Bonchev–Trinajstić information content (AvgIpc) is 2.11. The minimum absolute atomic E-state index is 0.115. The largest absolute Gasteiger partial charge is 0.351 e. The van der Waals surface area contributed by atoms with Crippen LogP contribution in [0.15, 0.2) is 24.3 Å². The van der Waals surface area contributed by atoms with Crippen molar-refractivity contribution in [2.75, 3.05) is 21.5 Å². The summed E-state index contributed by atoms with van der Waals surface area (Å²) >= 11 is 0. The molecule has 0 fully saturated rings. The Morgan fingerprint density at radius 1 is 1.16 bits per heavy atom. The van der Waals surface area contributed by atoms with Crippen molar-refractivity contribution in [3.63, 3.8) is 0 Å². The molecule has 0 aromatic heterocycles. The number of carbonyl (C=O) groups is 1. The summed E-state index contributed by atoms with van der Waals surface area (Å²) in [6.45, 7) is 0. The number of rotatable bonds is 4. The zero-order valence-electron chi connectivity index (χ0n) is 10.2. The van der Waals surface area contributed by atoms with Gasteiger partial charge in [-0.25, -0.2) is 21.6 Å². The summed E-state index contributed by atoms with van der Waals surface area (Å²) in [6, 6.07) is 4.46. The van der Waals surface area contributed by atoms with Gasteiger partial charge in [-0.2, -0.15) is 3.71 Å².